The molecule has 0 amide bonds. The molecule has 1 fully saturated rings. The molecule has 3 heteroatoms. The molecule has 0 aromatic carbocycles. The summed E-state index contributed by atoms with van der Waals surface area (Å²) in [6.45, 7) is 12.3. The zero-order valence-corrected chi connectivity index (χ0v) is 13.2. The molecule has 1 aromatic rings. The molecular formula is C16H29N3. The van der Waals surface area contributed by atoms with Crippen molar-refractivity contribution in [2.45, 2.75) is 78.4 Å². The minimum absolute atomic E-state index is 0.150. The lowest BCUT2D eigenvalue weighted by molar-refractivity contribution is 0.141. The maximum Gasteiger partial charge on any atom is 0.0951 e. The van der Waals surface area contributed by atoms with E-state index in [0.717, 1.165) is 6.54 Å². The van der Waals surface area contributed by atoms with E-state index in [1.54, 1.807) is 0 Å². The van der Waals surface area contributed by atoms with Gasteiger partial charge in [0.25, 0.3) is 0 Å². The molecule has 0 saturated heterocycles. The van der Waals surface area contributed by atoms with Crippen LogP contribution in [0.15, 0.2) is 12.5 Å². The molecular weight excluding hydrogens is 234 g/mol. The molecule has 0 aliphatic heterocycles. The molecule has 2 rings (SSSR count). The minimum Gasteiger partial charge on any atom is -0.330 e. The van der Waals surface area contributed by atoms with E-state index in [1.165, 1.54) is 31.4 Å². The van der Waals surface area contributed by atoms with Crippen molar-refractivity contribution in [3.63, 3.8) is 0 Å². The molecule has 1 atom stereocenters. The SMILES string of the molecule is CC(C)(C)NCc1cncn1C1CCCCC1(C)C. The van der Waals surface area contributed by atoms with Crippen molar-refractivity contribution in [3.8, 4) is 0 Å². The van der Waals surface area contributed by atoms with Crippen LogP contribution in [-0.4, -0.2) is 15.1 Å². The highest BCUT2D eigenvalue weighted by Crippen LogP contribution is 2.44. The zero-order valence-electron chi connectivity index (χ0n) is 13.2. The molecule has 1 heterocycles. The van der Waals surface area contributed by atoms with Crippen LogP contribution in [0.1, 0.15) is 72.0 Å². The third kappa shape index (κ3) is 3.59. The number of rotatable bonds is 3. The summed E-state index contributed by atoms with van der Waals surface area (Å²) in [5.74, 6) is 0. The lowest BCUT2D eigenvalue weighted by atomic mass is 9.73. The van der Waals surface area contributed by atoms with Gasteiger partial charge in [-0.1, -0.05) is 26.7 Å². The second-order valence-electron chi connectivity index (χ2n) is 7.65. The highest BCUT2D eigenvalue weighted by Gasteiger charge is 2.34. The van der Waals surface area contributed by atoms with Gasteiger partial charge in [0.15, 0.2) is 0 Å². The van der Waals surface area contributed by atoms with Crippen molar-refractivity contribution < 1.29 is 0 Å². The second-order valence-corrected chi connectivity index (χ2v) is 7.65. The Balaban J connectivity index is 2.14. The quantitative estimate of drug-likeness (QED) is 0.896. The summed E-state index contributed by atoms with van der Waals surface area (Å²) in [5.41, 5.74) is 1.85. The van der Waals surface area contributed by atoms with Gasteiger partial charge in [-0.3, -0.25) is 0 Å². The van der Waals surface area contributed by atoms with E-state index in [-0.39, 0.29) is 5.54 Å². The summed E-state index contributed by atoms with van der Waals surface area (Å²) in [6, 6.07) is 0.598. The van der Waals surface area contributed by atoms with Crippen LogP contribution in [0.3, 0.4) is 0 Å². The summed E-state index contributed by atoms with van der Waals surface area (Å²) in [6.07, 6.45) is 9.36. The van der Waals surface area contributed by atoms with Crippen molar-refractivity contribution in [2.75, 3.05) is 0 Å². The van der Waals surface area contributed by atoms with Gasteiger partial charge in [-0.2, -0.15) is 0 Å². The predicted octanol–water partition coefficient (Wildman–Crippen LogP) is 3.91. The fourth-order valence-electron chi connectivity index (χ4n) is 3.10. The fraction of sp³-hybridized carbons (Fsp3) is 0.812. The van der Waals surface area contributed by atoms with Gasteiger partial charge in [0.2, 0.25) is 0 Å². The molecule has 0 radical (unpaired) electrons. The molecule has 1 saturated carbocycles. The standard InChI is InChI=1S/C16H29N3/c1-15(2,3)18-11-13-10-17-12-19(13)14-8-6-7-9-16(14,4)5/h10,12,14,18H,6-9,11H2,1-5H3. The third-order valence-corrected chi connectivity index (χ3v) is 4.33. The monoisotopic (exact) mass is 263 g/mol. The molecule has 1 aliphatic carbocycles. The van der Waals surface area contributed by atoms with E-state index in [0.29, 0.717) is 11.5 Å². The number of hydrogen-bond donors (Lipinski definition) is 1. The summed E-state index contributed by atoms with van der Waals surface area (Å²) in [4.78, 5) is 4.39. The zero-order chi connectivity index (χ0) is 14.1. The van der Waals surface area contributed by atoms with Gasteiger partial charge in [0, 0.05) is 24.3 Å². The lowest BCUT2D eigenvalue weighted by Crippen LogP contribution is -2.37. The summed E-state index contributed by atoms with van der Waals surface area (Å²) < 4.78 is 2.41. The highest BCUT2D eigenvalue weighted by molar-refractivity contribution is 5.04. The van der Waals surface area contributed by atoms with Crippen LogP contribution in [0.4, 0.5) is 0 Å². The molecule has 19 heavy (non-hydrogen) atoms. The topological polar surface area (TPSA) is 29.9 Å². The average molecular weight is 263 g/mol. The molecule has 108 valence electrons. The van der Waals surface area contributed by atoms with Gasteiger partial charge in [0.1, 0.15) is 0 Å². The van der Waals surface area contributed by atoms with Crippen LogP contribution >= 0.6 is 0 Å². The Hall–Kier alpha value is -0.830. The van der Waals surface area contributed by atoms with Crippen LogP contribution in [0.5, 0.6) is 0 Å². The Bertz CT molecular complexity index is 412. The molecule has 1 aliphatic rings. The second kappa shape index (κ2) is 5.28. The fourth-order valence-corrected chi connectivity index (χ4v) is 3.10. The summed E-state index contributed by atoms with van der Waals surface area (Å²) in [7, 11) is 0. The molecule has 0 bridgehead atoms. The van der Waals surface area contributed by atoms with Gasteiger partial charge in [-0.15, -0.1) is 0 Å². The van der Waals surface area contributed by atoms with Crippen LogP contribution in [0.25, 0.3) is 0 Å². The molecule has 0 spiro atoms. The first-order valence-electron chi connectivity index (χ1n) is 7.55. The number of nitrogens with one attached hydrogen (secondary N) is 1. The van der Waals surface area contributed by atoms with Gasteiger partial charge >= 0.3 is 0 Å². The first-order valence-corrected chi connectivity index (χ1v) is 7.55. The molecule has 1 N–H and O–H groups in total. The van der Waals surface area contributed by atoms with E-state index < -0.39 is 0 Å². The van der Waals surface area contributed by atoms with Crippen LogP contribution in [0.2, 0.25) is 0 Å². The van der Waals surface area contributed by atoms with Crippen LogP contribution < -0.4 is 5.32 Å². The van der Waals surface area contributed by atoms with E-state index in [4.69, 9.17) is 0 Å². The average Bonchev–Trinajstić information content (AvgIpc) is 2.72. The van der Waals surface area contributed by atoms with E-state index in [9.17, 15) is 0 Å². The van der Waals surface area contributed by atoms with E-state index in [2.05, 4.69) is 49.5 Å². The highest BCUT2D eigenvalue weighted by atomic mass is 15.1. The van der Waals surface area contributed by atoms with Gasteiger partial charge in [0.05, 0.1) is 12.0 Å². The first kappa shape index (κ1) is 14.6. The third-order valence-electron chi connectivity index (χ3n) is 4.33. The van der Waals surface area contributed by atoms with Crippen LogP contribution in [-0.2, 0) is 6.54 Å². The molecule has 1 unspecified atom stereocenters. The minimum atomic E-state index is 0.150. The number of aromatic nitrogens is 2. The molecule has 1 aromatic heterocycles. The van der Waals surface area contributed by atoms with Gasteiger partial charge in [-0.25, -0.2) is 4.98 Å². The van der Waals surface area contributed by atoms with Crippen LogP contribution in [0, 0.1) is 5.41 Å². The van der Waals surface area contributed by atoms with Crippen molar-refractivity contribution >= 4 is 0 Å². The maximum absolute atomic E-state index is 4.39. The largest absolute Gasteiger partial charge is 0.330 e. The number of imidazole rings is 1. The van der Waals surface area contributed by atoms with E-state index in [1.807, 2.05) is 12.5 Å². The van der Waals surface area contributed by atoms with E-state index >= 15 is 0 Å². The smallest absolute Gasteiger partial charge is 0.0951 e. The normalized spacial score (nSPS) is 23.5. The summed E-state index contributed by atoms with van der Waals surface area (Å²) >= 11 is 0. The van der Waals surface area contributed by atoms with Gasteiger partial charge in [-0.05, 0) is 39.0 Å². The van der Waals surface area contributed by atoms with Crippen molar-refractivity contribution in [1.82, 2.24) is 14.9 Å². The Kier molecular flexibility index (Phi) is 4.05. The van der Waals surface area contributed by atoms with Crippen molar-refractivity contribution in [3.05, 3.63) is 18.2 Å². The maximum atomic E-state index is 4.39. The summed E-state index contributed by atoms with van der Waals surface area (Å²) in [5, 5.41) is 3.57. The Morgan fingerprint density at radius 1 is 1.37 bits per heavy atom. The van der Waals surface area contributed by atoms with Crippen molar-refractivity contribution in [1.29, 1.82) is 0 Å². The number of hydrogen-bond acceptors (Lipinski definition) is 2. The Labute approximate surface area is 117 Å². The predicted molar refractivity (Wildman–Crippen MR) is 80.1 cm³/mol. The molecule has 3 nitrogen and oxygen atoms in total. The first-order chi connectivity index (χ1) is 8.80. The Morgan fingerprint density at radius 2 is 2.11 bits per heavy atom. The van der Waals surface area contributed by atoms with Crippen molar-refractivity contribution in [2.24, 2.45) is 5.41 Å². The Morgan fingerprint density at radius 3 is 2.74 bits per heavy atom. The lowest BCUT2D eigenvalue weighted by Gasteiger charge is -2.40. The van der Waals surface area contributed by atoms with Gasteiger partial charge < -0.3 is 9.88 Å². The number of nitrogens with zero attached hydrogens (tertiary/aromatic N) is 2.